The molecule has 0 aromatic heterocycles. The molecular formula is C16H20O6. The Morgan fingerprint density at radius 1 is 0.773 bits per heavy atom. The van der Waals surface area contributed by atoms with Crippen LogP contribution in [0.2, 0.25) is 0 Å². The molecule has 22 heavy (non-hydrogen) atoms. The fourth-order valence-electron chi connectivity index (χ4n) is 1.66. The third-order valence-corrected chi connectivity index (χ3v) is 2.70. The van der Waals surface area contributed by atoms with Crippen molar-refractivity contribution in [3.63, 3.8) is 0 Å². The van der Waals surface area contributed by atoms with Gasteiger partial charge >= 0.3 is 17.9 Å². The van der Waals surface area contributed by atoms with Crippen molar-refractivity contribution in [3.8, 4) is 0 Å². The van der Waals surface area contributed by atoms with Crippen molar-refractivity contribution in [2.24, 2.45) is 0 Å². The lowest BCUT2D eigenvalue weighted by Gasteiger charge is -2.09. The molecule has 0 aliphatic carbocycles. The number of carbonyl (C=O) groups is 3. The van der Waals surface area contributed by atoms with Gasteiger partial charge in [-0.2, -0.15) is 0 Å². The molecule has 6 heteroatoms. The van der Waals surface area contributed by atoms with Gasteiger partial charge in [-0.25, -0.2) is 14.4 Å². The third-order valence-electron chi connectivity index (χ3n) is 2.70. The Morgan fingerprint density at radius 3 is 1.45 bits per heavy atom. The summed E-state index contributed by atoms with van der Waals surface area (Å²) in [6.45, 7) is 4.26. The van der Waals surface area contributed by atoms with Gasteiger partial charge in [0.1, 0.15) is 0 Å². The first kappa shape index (κ1) is 17.7. The average Bonchev–Trinajstić information content (AvgIpc) is 2.56. The molecule has 1 aromatic rings. The maximum absolute atomic E-state index is 11.9. The molecule has 0 saturated carbocycles. The molecular weight excluding hydrogens is 288 g/mol. The SMILES string of the molecule is CCCOC(=O)c1cc(C(=O)OC)cc(C(=O)OCCC)c1. The van der Waals surface area contributed by atoms with Crippen molar-refractivity contribution in [2.45, 2.75) is 26.7 Å². The Labute approximate surface area is 129 Å². The number of rotatable bonds is 7. The van der Waals surface area contributed by atoms with Crippen LogP contribution in [0.25, 0.3) is 0 Å². The number of methoxy groups -OCH3 is 1. The van der Waals surface area contributed by atoms with Gasteiger partial charge in [-0.1, -0.05) is 13.8 Å². The molecule has 0 amide bonds. The predicted octanol–water partition coefficient (Wildman–Crippen LogP) is 2.61. The van der Waals surface area contributed by atoms with Crippen molar-refractivity contribution in [2.75, 3.05) is 20.3 Å². The molecule has 0 saturated heterocycles. The van der Waals surface area contributed by atoms with Crippen molar-refractivity contribution in [1.82, 2.24) is 0 Å². The van der Waals surface area contributed by atoms with Crippen LogP contribution in [0.3, 0.4) is 0 Å². The monoisotopic (exact) mass is 308 g/mol. The quantitative estimate of drug-likeness (QED) is 0.569. The fraction of sp³-hybridized carbons (Fsp3) is 0.438. The van der Waals surface area contributed by atoms with Crippen LogP contribution in [0.15, 0.2) is 18.2 Å². The summed E-state index contributed by atoms with van der Waals surface area (Å²) in [6.07, 6.45) is 1.35. The van der Waals surface area contributed by atoms with Crippen molar-refractivity contribution in [3.05, 3.63) is 34.9 Å². The maximum Gasteiger partial charge on any atom is 0.338 e. The van der Waals surface area contributed by atoms with Crippen LogP contribution in [0.1, 0.15) is 57.8 Å². The smallest absolute Gasteiger partial charge is 0.338 e. The maximum atomic E-state index is 11.9. The van der Waals surface area contributed by atoms with E-state index in [0.29, 0.717) is 12.8 Å². The van der Waals surface area contributed by atoms with Gasteiger partial charge in [-0.05, 0) is 31.0 Å². The summed E-state index contributed by atoms with van der Waals surface area (Å²) in [5.41, 5.74) is 0.316. The van der Waals surface area contributed by atoms with E-state index in [1.165, 1.54) is 25.3 Å². The second-order valence-corrected chi connectivity index (χ2v) is 4.56. The summed E-state index contributed by atoms with van der Waals surface area (Å²) in [7, 11) is 1.22. The highest BCUT2D eigenvalue weighted by atomic mass is 16.5. The summed E-state index contributed by atoms with van der Waals surface area (Å²) >= 11 is 0. The van der Waals surface area contributed by atoms with Crippen molar-refractivity contribution < 1.29 is 28.6 Å². The Bertz CT molecular complexity index is 511. The van der Waals surface area contributed by atoms with Crippen LogP contribution in [0.4, 0.5) is 0 Å². The lowest BCUT2D eigenvalue weighted by atomic mass is 10.1. The number of hydrogen-bond acceptors (Lipinski definition) is 6. The molecule has 0 unspecified atom stereocenters. The van der Waals surface area contributed by atoms with Gasteiger partial charge in [-0.15, -0.1) is 0 Å². The lowest BCUT2D eigenvalue weighted by Crippen LogP contribution is -2.13. The van der Waals surface area contributed by atoms with E-state index in [-0.39, 0.29) is 29.9 Å². The van der Waals surface area contributed by atoms with Gasteiger partial charge in [0.25, 0.3) is 0 Å². The number of hydrogen-bond donors (Lipinski definition) is 0. The summed E-state index contributed by atoms with van der Waals surface area (Å²) < 4.78 is 14.7. The summed E-state index contributed by atoms with van der Waals surface area (Å²) in [4.78, 5) is 35.5. The molecule has 0 radical (unpaired) electrons. The molecule has 6 nitrogen and oxygen atoms in total. The summed E-state index contributed by atoms with van der Waals surface area (Å²) in [6, 6.07) is 4.02. The topological polar surface area (TPSA) is 78.9 Å². The van der Waals surface area contributed by atoms with Gasteiger partial charge in [0.15, 0.2) is 0 Å². The first-order chi connectivity index (χ1) is 10.5. The van der Waals surface area contributed by atoms with Crippen LogP contribution in [0, 0.1) is 0 Å². The van der Waals surface area contributed by atoms with Gasteiger partial charge in [0.05, 0.1) is 37.0 Å². The molecule has 0 heterocycles. The molecule has 0 aliphatic heterocycles. The largest absolute Gasteiger partial charge is 0.465 e. The number of benzene rings is 1. The highest BCUT2D eigenvalue weighted by molar-refractivity contribution is 6.00. The number of esters is 3. The molecule has 0 spiro atoms. The zero-order chi connectivity index (χ0) is 16.5. The Balaban J connectivity index is 3.12. The van der Waals surface area contributed by atoms with Gasteiger partial charge < -0.3 is 14.2 Å². The minimum absolute atomic E-state index is 0.0943. The molecule has 0 fully saturated rings. The standard InChI is InChI=1S/C16H20O6/c1-4-6-21-15(18)12-8-11(14(17)20-3)9-13(10-12)16(19)22-7-5-2/h8-10H,4-7H2,1-3H3. The fourth-order valence-corrected chi connectivity index (χ4v) is 1.66. The molecule has 120 valence electrons. The van der Waals surface area contributed by atoms with E-state index in [9.17, 15) is 14.4 Å². The zero-order valence-corrected chi connectivity index (χ0v) is 13.0. The van der Waals surface area contributed by atoms with E-state index in [2.05, 4.69) is 4.74 Å². The Hall–Kier alpha value is -2.37. The second-order valence-electron chi connectivity index (χ2n) is 4.56. The van der Waals surface area contributed by atoms with Crippen LogP contribution in [-0.2, 0) is 14.2 Å². The highest BCUT2D eigenvalue weighted by Gasteiger charge is 2.18. The van der Waals surface area contributed by atoms with E-state index in [4.69, 9.17) is 9.47 Å². The van der Waals surface area contributed by atoms with E-state index >= 15 is 0 Å². The van der Waals surface area contributed by atoms with Crippen molar-refractivity contribution in [1.29, 1.82) is 0 Å². The molecule has 1 rings (SSSR count). The first-order valence-electron chi connectivity index (χ1n) is 7.11. The third kappa shape index (κ3) is 4.87. The van der Waals surface area contributed by atoms with E-state index < -0.39 is 17.9 Å². The van der Waals surface area contributed by atoms with Crippen LogP contribution >= 0.6 is 0 Å². The first-order valence-corrected chi connectivity index (χ1v) is 7.11. The minimum atomic E-state index is -0.644. The normalized spacial score (nSPS) is 9.95. The van der Waals surface area contributed by atoms with Crippen molar-refractivity contribution >= 4 is 17.9 Å². The van der Waals surface area contributed by atoms with Gasteiger partial charge in [0, 0.05) is 0 Å². The van der Waals surface area contributed by atoms with E-state index in [1.807, 2.05) is 13.8 Å². The second kappa shape index (κ2) is 8.81. The Morgan fingerprint density at radius 2 is 1.14 bits per heavy atom. The number of carbonyl (C=O) groups excluding carboxylic acids is 3. The van der Waals surface area contributed by atoms with Crippen LogP contribution < -0.4 is 0 Å². The molecule has 0 bridgehead atoms. The highest BCUT2D eigenvalue weighted by Crippen LogP contribution is 2.14. The molecule has 0 atom stereocenters. The molecule has 0 aliphatic rings. The van der Waals surface area contributed by atoms with Crippen LogP contribution in [-0.4, -0.2) is 38.2 Å². The molecule has 1 aromatic carbocycles. The lowest BCUT2D eigenvalue weighted by molar-refractivity contribution is 0.0503. The minimum Gasteiger partial charge on any atom is -0.465 e. The predicted molar refractivity (Wildman–Crippen MR) is 78.9 cm³/mol. The van der Waals surface area contributed by atoms with Crippen LogP contribution in [0.5, 0.6) is 0 Å². The summed E-state index contributed by atoms with van der Waals surface area (Å²) in [5.74, 6) is -1.84. The molecule has 0 N–H and O–H groups in total. The van der Waals surface area contributed by atoms with E-state index in [1.54, 1.807) is 0 Å². The van der Waals surface area contributed by atoms with E-state index in [0.717, 1.165) is 0 Å². The van der Waals surface area contributed by atoms with Gasteiger partial charge in [0.2, 0.25) is 0 Å². The zero-order valence-electron chi connectivity index (χ0n) is 13.0. The van der Waals surface area contributed by atoms with Gasteiger partial charge in [-0.3, -0.25) is 0 Å². The average molecular weight is 308 g/mol. The Kier molecular flexibility index (Phi) is 7.08. The summed E-state index contributed by atoms with van der Waals surface area (Å²) in [5, 5.41) is 0. The number of ether oxygens (including phenoxy) is 3.